The third kappa shape index (κ3) is 5.68. The van der Waals surface area contributed by atoms with Crippen LogP contribution in [0.3, 0.4) is 0 Å². The van der Waals surface area contributed by atoms with Gasteiger partial charge in [0.05, 0.1) is 24.8 Å². The quantitative estimate of drug-likeness (QED) is 0.461. The number of esters is 1. The number of nitrogens with one attached hydrogen (secondary N) is 3. The van der Waals surface area contributed by atoms with Crippen molar-refractivity contribution in [2.75, 3.05) is 13.7 Å². The SMILES string of the molecule is COC(=O)c1c(CC(=O)NCCC(=O)NC2CCCCC2)[nH]c(C(C)=O)c1C. The molecule has 1 saturated carbocycles. The highest BCUT2D eigenvalue weighted by molar-refractivity contribution is 6.01. The molecule has 154 valence electrons. The highest BCUT2D eigenvalue weighted by atomic mass is 16.5. The van der Waals surface area contributed by atoms with Crippen LogP contribution in [-0.4, -0.2) is 48.2 Å². The van der Waals surface area contributed by atoms with Crippen molar-refractivity contribution in [3.63, 3.8) is 0 Å². The number of methoxy groups -OCH3 is 1. The Bertz CT molecular complexity index is 747. The molecule has 1 aliphatic carbocycles. The first-order valence-corrected chi connectivity index (χ1v) is 9.70. The standard InChI is InChI=1S/C20H29N3O5/c1-12-18(20(27)28-3)15(23-19(12)13(2)24)11-17(26)21-10-9-16(25)22-14-7-5-4-6-8-14/h14,23H,4-11H2,1-3H3,(H,21,26)(H,22,25). The summed E-state index contributed by atoms with van der Waals surface area (Å²) in [5, 5.41) is 5.69. The van der Waals surface area contributed by atoms with Crippen molar-refractivity contribution < 1.29 is 23.9 Å². The lowest BCUT2D eigenvalue weighted by Crippen LogP contribution is -2.38. The van der Waals surface area contributed by atoms with Gasteiger partial charge in [0.15, 0.2) is 5.78 Å². The predicted octanol–water partition coefficient (Wildman–Crippen LogP) is 1.81. The van der Waals surface area contributed by atoms with Crippen LogP contribution in [0.1, 0.15) is 77.6 Å². The summed E-state index contributed by atoms with van der Waals surface area (Å²) >= 11 is 0. The number of hydrogen-bond acceptors (Lipinski definition) is 5. The van der Waals surface area contributed by atoms with E-state index in [0.29, 0.717) is 11.3 Å². The number of hydrogen-bond donors (Lipinski definition) is 3. The molecule has 0 saturated heterocycles. The number of aromatic amines is 1. The average Bonchev–Trinajstić information content (AvgIpc) is 2.98. The molecular formula is C20H29N3O5. The van der Waals surface area contributed by atoms with Gasteiger partial charge in [-0.1, -0.05) is 19.3 Å². The highest BCUT2D eigenvalue weighted by Crippen LogP contribution is 2.21. The van der Waals surface area contributed by atoms with E-state index in [1.807, 2.05) is 0 Å². The van der Waals surface area contributed by atoms with Gasteiger partial charge in [0.2, 0.25) is 11.8 Å². The molecule has 1 heterocycles. The summed E-state index contributed by atoms with van der Waals surface area (Å²) in [5.41, 5.74) is 1.29. The Morgan fingerprint density at radius 2 is 1.79 bits per heavy atom. The van der Waals surface area contributed by atoms with Gasteiger partial charge in [-0.3, -0.25) is 14.4 Å². The van der Waals surface area contributed by atoms with Crippen molar-refractivity contribution in [1.29, 1.82) is 0 Å². The second kappa shape index (κ2) is 10.1. The minimum atomic E-state index is -0.601. The van der Waals surface area contributed by atoms with Crippen molar-refractivity contribution in [3.05, 3.63) is 22.5 Å². The van der Waals surface area contributed by atoms with E-state index in [9.17, 15) is 19.2 Å². The second-order valence-electron chi connectivity index (χ2n) is 7.21. The third-order valence-electron chi connectivity index (χ3n) is 5.05. The smallest absolute Gasteiger partial charge is 0.339 e. The van der Waals surface area contributed by atoms with Crippen LogP contribution in [-0.2, 0) is 20.7 Å². The first-order chi connectivity index (χ1) is 13.3. The fourth-order valence-corrected chi connectivity index (χ4v) is 3.61. The minimum Gasteiger partial charge on any atom is -0.465 e. The highest BCUT2D eigenvalue weighted by Gasteiger charge is 2.24. The topological polar surface area (TPSA) is 117 Å². The number of amides is 2. The summed E-state index contributed by atoms with van der Waals surface area (Å²) in [5.74, 6) is -1.24. The van der Waals surface area contributed by atoms with E-state index < -0.39 is 5.97 Å². The lowest BCUT2D eigenvalue weighted by molar-refractivity contribution is -0.122. The predicted molar refractivity (Wildman–Crippen MR) is 103 cm³/mol. The van der Waals surface area contributed by atoms with Crippen molar-refractivity contribution in [2.45, 2.75) is 64.8 Å². The number of Topliss-reactive ketones (excluding diaryl/α,β-unsaturated/α-hetero) is 1. The molecule has 28 heavy (non-hydrogen) atoms. The van der Waals surface area contributed by atoms with E-state index in [2.05, 4.69) is 15.6 Å². The summed E-state index contributed by atoms with van der Waals surface area (Å²) in [6.45, 7) is 3.23. The molecule has 0 aromatic carbocycles. The molecule has 0 radical (unpaired) electrons. The summed E-state index contributed by atoms with van der Waals surface area (Å²) < 4.78 is 4.76. The molecule has 1 aromatic rings. The number of H-pyrrole nitrogens is 1. The number of carbonyl (C=O) groups excluding carboxylic acids is 4. The summed E-state index contributed by atoms with van der Waals surface area (Å²) in [7, 11) is 1.25. The maximum atomic E-state index is 12.2. The Labute approximate surface area is 164 Å². The Morgan fingerprint density at radius 3 is 2.39 bits per heavy atom. The van der Waals surface area contributed by atoms with Gasteiger partial charge in [0.25, 0.3) is 0 Å². The zero-order valence-electron chi connectivity index (χ0n) is 16.8. The second-order valence-corrected chi connectivity index (χ2v) is 7.21. The van der Waals surface area contributed by atoms with Crippen LogP contribution in [0, 0.1) is 6.92 Å². The van der Waals surface area contributed by atoms with E-state index in [-0.39, 0.29) is 54.3 Å². The van der Waals surface area contributed by atoms with E-state index in [1.54, 1.807) is 6.92 Å². The molecule has 8 heteroatoms. The number of rotatable bonds is 8. The van der Waals surface area contributed by atoms with Crippen LogP contribution < -0.4 is 10.6 Å². The van der Waals surface area contributed by atoms with Crippen molar-refractivity contribution >= 4 is 23.6 Å². The molecule has 0 aliphatic heterocycles. The molecule has 0 atom stereocenters. The Kier molecular flexibility index (Phi) is 7.78. The van der Waals surface area contributed by atoms with Gasteiger partial charge >= 0.3 is 5.97 Å². The van der Waals surface area contributed by atoms with Crippen LogP contribution in [0.5, 0.6) is 0 Å². The molecule has 2 amide bonds. The van der Waals surface area contributed by atoms with Gasteiger partial charge in [-0.25, -0.2) is 4.79 Å². The maximum absolute atomic E-state index is 12.2. The van der Waals surface area contributed by atoms with E-state index >= 15 is 0 Å². The van der Waals surface area contributed by atoms with Gasteiger partial charge in [-0.05, 0) is 25.3 Å². The number of aromatic nitrogens is 1. The fraction of sp³-hybridized carbons (Fsp3) is 0.600. The number of carbonyl (C=O) groups is 4. The van der Waals surface area contributed by atoms with Gasteiger partial charge in [0, 0.05) is 31.6 Å². The molecule has 1 aliphatic rings. The molecule has 2 rings (SSSR count). The Hall–Kier alpha value is -2.64. The van der Waals surface area contributed by atoms with Crippen molar-refractivity contribution in [1.82, 2.24) is 15.6 Å². The molecule has 0 bridgehead atoms. The summed E-state index contributed by atoms with van der Waals surface area (Å²) in [4.78, 5) is 50.8. The number of ether oxygens (including phenoxy) is 1. The van der Waals surface area contributed by atoms with Gasteiger partial charge in [-0.2, -0.15) is 0 Å². The molecule has 1 fully saturated rings. The van der Waals surface area contributed by atoms with Crippen molar-refractivity contribution in [2.24, 2.45) is 0 Å². The van der Waals surface area contributed by atoms with Gasteiger partial charge in [-0.15, -0.1) is 0 Å². The van der Waals surface area contributed by atoms with Crippen LogP contribution in [0.15, 0.2) is 0 Å². The molecule has 0 spiro atoms. The van der Waals surface area contributed by atoms with Crippen LogP contribution in [0.4, 0.5) is 0 Å². The van der Waals surface area contributed by atoms with Crippen molar-refractivity contribution in [3.8, 4) is 0 Å². The third-order valence-corrected chi connectivity index (χ3v) is 5.05. The molecule has 3 N–H and O–H groups in total. The molecule has 0 unspecified atom stereocenters. The molecule has 1 aromatic heterocycles. The van der Waals surface area contributed by atoms with E-state index in [1.165, 1.54) is 20.5 Å². The van der Waals surface area contributed by atoms with Gasteiger partial charge < -0.3 is 20.4 Å². The Morgan fingerprint density at radius 1 is 1.11 bits per heavy atom. The summed E-state index contributed by atoms with van der Waals surface area (Å²) in [6.07, 6.45) is 5.62. The Balaban J connectivity index is 1.88. The average molecular weight is 391 g/mol. The minimum absolute atomic E-state index is 0.0722. The van der Waals surface area contributed by atoms with E-state index in [0.717, 1.165) is 25.7 Å². The zero-order chi connectivity index (χ0) is 20.7. The van der Waals surface area contributed by atoms with Crippen LogP contribution >= 0.6 is 0 Å². The summed E-state index contributed by atoms with van der Waals surface area (Å²) in [6, 6.07) is 0.242. The van der Waals surface area contributed by atoms with Crippen LogP contribution in [0.2, 0.25) is 0 Å². The lowest BCUT2D eigenvalue weighted by Gasteiger charge is -2.22. The number of ketones is 1. The first-order valence-electron chi connectivity index (χ1n) is 9.70. The van der Waals surface area contributed by atoms with E-state index in [4.69, 9.17) is 4.74 Å². The van der Waals surface area contributed by atoms with Gasteiger partial charge in [0.1, 0.15) is 0 Å². The largest absolute Gasteiger partial charge is 0.465 e. The monoisotopic (exact) mass is 391 g/mol. The molecular weight excluding hydrogens is 362 g/mol. The lowest BCUT2D eigenvalue weighted by atomic mass is 9.95. The first kappa shape index (κ1) is 21.7. The normalized spacial score (nSPS) is 14.4. The maximum Gasteiger partial charge on any atom is 0.339 e. The fourth-order valence-electron chi connectivity index (χ4n) is 3.61. The molecule has 8 nitrogen and oxygen atoms in total. The zero-order valence-corrected chi connectivity index (χ0v) is 16.8. The van der Waals surface area contributed by atoms with Crippen LogP contribution in [0.25, 0.3) is 0 Å².